The highest BCUT2D eigenvalue weighted by Gasteiger charge is 2.49. The summed E-state index contributed by atoms with van der Waals surface area (Å²) in [7, 11) is 0. The minimum absolute atomic E-state index is 0.0384. The molecule has 0 spiro atoms. The van der Waals surface area contributed by atoms with E-state index >= 15 is 0 Å². The maximum absolute atomic E-state index is 14.9. The van der Waals surface area contributed by atoms with Gasteiger partial charge in [-0.25, -0.2) is 0 Å². The van der Waals surface area contributed by atoms with Gasteiger partial charge in [-0.3, -0.25) is 9.59 Å². The van der Waals surface area contributed by atoms with Crippen molar-refractivity contribution in [1.29, 1.82) is 0 Å². The molecule has 2 aromatic heterocycles. The third-order valence-electron chi connectivity index (χ3n) is 6.66. The van der Waals surface area contributed by atoms with Crippen LogP contribution in [0.3, 0.4) is 0 Å². The number of amides is 1. The van der Waals surface area contributed by atoms with Crippen molar-refractivity contribution in [2.24, 2.45) is 5.41 Å². The van der Waals surface area contributed by atoms with Crippen molar-refractivity contribution in [3.05, 3.63) is 51.9 Å². The molecule has 8 nitrogen and oxygen atoms in total. The van der Waals surface area contributed by atoms with Crippen LogP contribution in [0.15, 0.2) is 33.3 Å². The third-order valence-corrected chi connectivity index (χ3v) is 6.97. The number of benzene rings is 1. The first-order valence-electron chi connectivity index (χ1n) is 12.4. The summed E-state index contributed by atoms with van der Waals surface area (Å²) in [4.78, 5) is 24.3. The summed E-state index contributed by atoms with van der Waals surface area (Å²) >= 11 is 6.25. The first-order valence-corrected chi connectivity index (χ1v) is 12.8. The number of aromatic nitrogens is 2. The van der Waals surface area contributed by atoms with Crippen molar-refractivity contribution >= 4 is 29.2 Å². The van der Waals surface area contributed by atoms with Gasteiger partial charge >= 0.3 is 11.9 Å². The fraction of sp³-hybridized carbons (Fsp3) is 0.481. The number of carbonyl (C=O) groups excluding carboxylic acids is 1. The van der Waals surface area contributed by atoms with E-state index < -0.39 is 29.0 Å². The van der Waals surface area contributed by atoms with E-state index in [9.17, 15) is 23.5 Å². The number of hydrogen-bond acceptors (Lipinski definition) is 6. The van der Waals surface area contributed by atoms with E-state index in [4.69, 9.17) is 20.6 Å². The zero-order valence-electron chi connectivity index (χ0n) is 21.6. The smallest absolute Gasteiger partial charge is 0.312 e. The van der Waals surface area contributed by atoms with Gasteiger partial charge in [0.25, 0.3) is 0 Å². The van der Waals surface area contributed by atoms with Gasteiger partial charge in [0, 0.05) is 35.8 Å². The van der Waals surface area contributed by atoms with Crippen LogP contribution in [0.25, 0.3) is 11.5 Å². The van der Waals surface area contributed by atoms with Crippen LogP contribution in [0.1, 0.15) is 87.3 Å². The molecule has 204 valence electrons. The summed E-state index contributed by atoms with van der Waals surface area (Å²) in [5.74, 6) is -5.60. The van der Waals surface area contributed by atoms with Gasteiger partial charge in [0.15, 0.2) is 11.5 Å². The summed E-state index contributed by atoms with van der Waals surface area (Å²) in [6.07, 6.45) is 1.50. The molecule has 2 N–H and O–H groups in total. The highest BCUT2D eigenvalue weighted by atomic mass is 35.5. The number of aliphatic carboxylic acids is 1. The number of anilines is 1. The lowest BCUT2D eigenvalue weighted by molar-refractivity contribution is -0.137. The first-order chi connectivity index (χ1) is 17.8. The van der Waals surface area contributed by atoms with E-state index in [2.05, 4.69) is 15.6 Å². The van der Waals surface area contributed by atoms with E-state index in [1.165, 1.54) is 20.8 Å². The maximum Gasteiger partial charge on any atom is 0.312 e. The Morgan fingerprint density at radius 3 is 2.50 bits per heavy atom. The SMILES string of the molecule is Cc1ccc(NC(=O)C[C@H](CCC(=O)O)c2noc(-c3cc(C(F)(F)C(C)(C)C)on3)c2C2CC2)c(Cl)c1. The molecular formula is C27H30ClF2N3O5. The topological polar surface area (TPSA) is 118 Å². The number of carboxylic acids is 1. The van der Waals surface area contributed by atoms with Crippen molar-refractivity contribution in [1.82, 2.24) is 10.3 Å². The van der Waals surface area contributed by atoms with E-state index in [1.54, 1.807) is 12.1 Å². The number of aryl methyl sites for hydroxylation is 1. The molecule has 0 bridgehead atoms. The molecule has 1 aliphatic rings. The lowest BCUT2D eigenvalue weighted by Gasteiger charge is -2.27. The summed E-state index contributed by atoms with van der Waals surface area (Å²) in [5, 5.41) is 20.5. The fourth-order valence-electron chi connectivity index (χ4n) is 4.23. The van der Waals surface area contributed by atoms with Gasteiger partial charge < -0.3 is 19.5 Å². The zero-order chi connectivity index (χ0) is 27.8. The Bertz CT molecular complexity index is 1340. The molecule has 2 heterocycles. The number of carboxylic acid groups (broad SMARTS) is 1. The Hall–Kier alpha value is -3.27. The second-order valence-electron chi connectivity index (χ2n) is 10.9. The highest BCUT2D eigenvalue weighted by Crippen LogP contribution is 2.50. The number of alkyl halides is 2. The monoisotopic (exact) mass is 549 g/mol. The van der Waals surface area contributed by atoms with Crippen LogP contribution < -0.4 is 5.32 Å². The maximum atomic E-state index is 14.9. The molecule has 0 radical (unpaired) electrons. The standard InChI is InChI=1S/C27H30ClF2N3O5/c1-14-5-9-18(17(28)11-14)31-21(34)12-16(8-10-22(35)36)24-23(15-6-7-15)25(38-33-24)19-13-20(37-32-19)27(29,30)26(2,3)4/h5,9,11,13,15-16H,6-8,10,12H2,1-4H3,(H,31,34)(H,35,36)/t16-/m0/s1. The Morgan fingerprint density at radius 1 is 1.18 bits per heavy atom. The zero-order valence-corrected chi connectivity index (χ0v) is 22.4. The fourth-order valence-corrected chi connectivity index (χ4v) is 4.52. The van der Waals surface area contributed by atoms with Crippen molar-refractivity contribution in [3.63, 3.8) is 0 Å². The lowest BCUT2D eigenvalue weighted by atomic mass is 9.86. The lowest BCUT2D eigenvalue weighted by Crippen LogP contribution is -2.30. The molecule has 38 heavy (non-hydrogen) atoms. The number of halogens is 3. The number of hydrogen-bond donors (Lipinski definition) is 2. The first kappa shape index (κ1) is 27.8. The molecule has 11 heteroatoms. The largest absolute Gasteiger partial charge is 0.481 e. The summed E-state index contributed by atoms with van der Waals surface area (Å²) in [5.41, 5.74) is 1.15. The minimum atomic E-state index is -3.28. The van der Waals surface area contributed by atoms with Crippen molar-refractivity contribution in [2.75, 3.05) is 5.32 Å². The van der Waals surface area contributed by atoms with E-state index in [-0.39, 0.29) is 42.5 Å². The van der Waals surface area contributed by atoms with Crippen LogP contribution in [0.4, 0.5) is 14.5 Å². The molecule has 3 aromatic rings. The third kappa shape index (κ3) is 5.90. The molecule has 0 saturated heterocycles. The van der Waals surface area contributed by atoms with Crippen LogP contribution in [-0.2, 0) is 15.5 Å². The normalized spacial score (nSPS) is 14.9. The number of nitrogens with zero attached hydrogens (tertiary/aromatic N) is 2. The van der Waals surface area contributed by atoms with E-state index in [0.717, 1.165) is 24.5 Å². The molecule has 0 unspecified atom stereocenters. The molecule has 0 aliphatic heterocycles. The van der Waals surface area contributed by atoms with Gasteiger partial charge in [-0.05, 0) is 49.8 Å². The molecule has 1 amide bonds. The van der Waals surface area contributed by atoms with Gasteiger partial charge in [-0.1, -0.05) is 48.8 Å². The summed E-state index contributed by atoms with van der Waals surface area (Å²) < 4.78 is 40.3. The number of nitrogens with one attached hydrogen (secondary N) is 1. The Kier molecular flexibility index (Phi) is 7.65. The van der Waals surface area contributed by atoms with Crippen molar-refractivity contribution in [2.45, 2.75) is 77.6 Å². The summed E-state index contributed by atoms with van der Waals surface area (Å²) in [6, 6.07) is 6.39. The second kappa shape index (κ2) is 10.5. The highest BCUT2D eigenvalue weighted by molar-refractivity contribution is 6.33. The molecular weight excluding hydrogens is 520 g/mol. The minimum Gasteiger partial charge on any atom is -0.481 e. The van der Waals surface area contributed by atoms with E-state index in [1.807, 2.05) is 13.0 Å². The van der Waals surface area contributed by atoms with Crippen molar-refractivity contribution < 1.29 is 32.5 Å². The van der Waals surface area contributed by atoms with E-state index in [0.29, 0.717) is 22.0 Å². The Morgan fingerprint density at radius 2 is 1.89 bits per heavy atom. The predicted molar refractivity (Wildman–Crippen MR) is 136 cm³/mol. The second-order valence-corrected chi connectivity index (χ2v) is 11.3. The van der Waals surface area contributed by atoms with Gasteiger partial charge in [-0.2, -0.15) is 8.78 Å². The van der Waals surface area contributed by atoms with Crippen molar-refractivity contribution in [3.8, 4) is 11.5 Å². The van der Waals surface area contributed by atoms with Crippen LogP contribution in [-0.4, -0.2) is 27.3 Å². The molecule has 1 fully saturated rings. The van der Waals surface area contributed by atoms with Crippen LogP contribution in [0, 0.1) is 12.3 Å². The van der Waals surface area contributed by atoms with Gasteiger partial charge in [0.05, 0.1) is 16.4 Å². The number of rotatable bonds is 10. The Balaban J connectivity index is 1.64. The Labute approximate surface area is 223 Å². The number of carbonyl (C=O) groups is 2. The van der Waals surface area contributed by atoms with Crippen LogP contribution in [0.2, 0.25) is 5.02 Å². The molecule has 1 aliphatic carbocycles. The van der Waals surface area contributed by atoms with Gasteiger partial charge in [-0.15, -0.1) is 0 Å². The molecule has 1 aromatic carbocycles. The molecule has 1 atom stereocenters. The van der Waals surface area contributed by atoms with Gasteiger partial charge in [0.2, 0.25) is 11.7 Å². The average Bonchev–Trinajstić information content (AvgIpc) is 3.35. The average molecular weight is 550 g/mol. The van der Waals surface area contributed by atoms with Crippen LogP contribution in [0.5, 0.6) is 0 Å². The summed E-state index contributed by atoms with van der Waals surface area (Å²) in [6.45, 7) is 6.08. The quantitative estimate of drug-likeness (QED) is 0.272. The van der Waals surface area contributed by atoms with Crippen LogP contribution >= 0.6 is 11.6 Å². The van der Waals surface area contributed by atoms with Gasteiger partial charge in [0.1, 0.15) is 0 Å². The molecule has 4 rings (SSSR count). The predicted octanol–water partition coefficient (Wildman–Crippen LogP) is 7.28. The molecule has 1 saturated carbocycles.